The summed E-state index contributed by atoms with van der Waals surface area (Å²) < 4.78 is 19.4. The summed E-state index contributed by atoms with van der Waals surface area (Å²) in [6.45, 7) is 4.24. The number of hydrogen-bond acceptors (Lipinski definition) is 3. The van der Waals surface area contributed by atoms with E-state index in [4.69, 9.17) is 4.74 Å². The van der Waals surface area contributed by atoms with Gasteiger partial charge in [0.05, 0.1) is 0 Å². The van der Waals surface area contributed by atoms with Gasteiger partial charge < -0.3 is 15.0 Å². The summed E-state index contributed by atoms with van der Waals surface area (Å²) in [5, 5.41) is 2.82. The van der Waals surface area contributed by atoms with E-state index >= 15 is 0 Å². The fraction of sp³-hybridized carbons (Fsp3) is 0.333. The Morgan fingerprint density at radius 1 is 1.14 bits per heavy atom. The van der Waals surface area contributed by atoms with E-state index in [1.165, 1.54) is 29.2 Å². The zero-order valence-corrected chi connectivity index (χ0v) is 17.5. The quantitative estimate of drug-likeness (QED) is 0.629. The van der Waals surface area contributed by atoms with E-state index in [2.05, 4.69) is 21.2 Å². The van der Waals surface area contributed by atoms with Crippen molar-refractivity contribution in [1.29, 1.82) is 0 Å². The lowest BCUT2D eigenvalue weighted by atomic mass is 10.1. The molecule has 0 heterocycles. The molecule has 0 saturated carbocycles. The molecule has 2 amide bonds. The van der Waals surface area contributed by atoms with Crippen LogP contribution in [0.4, 0.5) is 4.39 Å². The third-order valence-corrected chi connectivity index (χ3v) is 4.69. The highest BCUT2D eigenvalue weighted by Crippen LogP contribution is 2.15. The Hall–Kier alpha value is -2.41. The maximum absolute atomic E-state index is 13.0. The first-order valence-corrected chi connectivity index (χ1v) is 9.90. The molecule has 0 aromatic heterocycles. The molecular weight excluding hydrogens is 427 g/mol. The van der Waals surface area contributed by atoms with Crippen LogP contribution in [0.3, 0.4) is 0 Å². The monoisotopic (exact) mass is 450 g/mol. The lowest BCUT2D eigenvalue weighted by molar-refractivity contribution is -0.142. The van der Waals surface area contributed by atoms with Gasteiger partial charge in [0.1, 0.15) is 17.6 Å². The average Bonchev–Trinajstić information content (AvgIpc) is 2.70. The molecule has 150 valence electrons. The Labute approximate surface area is 173 Å². The minimum atomic E-state index is -0.653. The van der Waals surface area contributed by atoms with Crippen LogP contribution in [0.25, 0.3) is 0 Å². The number of nitrogens with one attached hydrogen (secondary N) is 1. The second-order valence-electron chi connectivity index (χ2n) is 6.36. The van der Waals surface area contributed by atoms with Gasteiger partial charge in [0.2, 0.25) is 5.91 Å². The van der Waals surface area contributed by atoms with E-state index in [-0.39, 0.29) is 30.8 Å². The highest BCUT2D eigenvalue weighted by molar-refractivity contribution is 9.10. The summed E-state index contributed by atoms with van der Waals surface area (Å²) in [5.74, 6) is -0.529. The van der Waals surface area contributed by atoms with Crippen molar-refractivity contribution < 1.29 is 18.7 Å². The molecule has 0 aliphatic rings. The second kappa shape index (κ2) is 10.8. The Balaban J connectivity index is 2.10. The van der Waals surface area contributed by atoms with E-state index < -0.39 is 6.04 Å². The summed E-state index contributed by atoms with van der Waals surface area (Å²) >= 11 is 3.39. The molecule has 5 nitrogen and oxygen atoms in total. The number of halogens is 2. The number of amides is 2. The van der Waals surface area contributed by atoms with Crippen LogP contribution in [0.15, 0.2) is 53.0 Å². The van der Waals surface area contributed by atoms with E-state index in [1.807, 2.05) is 31.2 Å². The Morgan fingerprint density at radius 3 is 2.39 bits per heavy atom. The zero-order chi connectivity index (χ0) is 20.5. The van der Waals surface area contributed by atoms with Gasteiger partial charge in [0.15, 0.2) is 6.61 Å². The Kier molecular flexibility index (Phi) is 8.44. The molecule has 0 aliphatic heterocycles. The molecule has 1 N–H and O–H groups in total. The van der Waals surface area contributed by atoms with Crippen LogP contribution in [0, 0.1) is 5.82 Å². The van der Waals surface area contributed by atoms with Gasteiger partial charge in [-0.1, -0.05) is 35.0 Å². The fourth-order valence-electron chi connectivity index (χ4n) is 2.52. The van der Waals surface area contributed by atoms with Gasteiger partial charge in [-0.3, -0.25) is 9.59 Å². The summed E-state index contributed by atoms with van der Waals surface area (Å²) in [6.07, 6.45) is 0.812. The molecule has 0 saturated heterocycles. The number of rotatable bonds is 9. The third kappa shape index (κ3) is 6.64. The number of ether oxygens (including phenoxy) is 1. The van der Waals surface area contributed by atoms with Gasteiger partial charge in [0.25, 0.3) is 5.91 Å². The van der Waals surface area contributed by atoms with Crippen molar-refractivity contribution in [2.75, 3.05) is 13.2 Å². The van der Waals surface area contributed by atoms with Crippen molar-refractivity contribution in [1.82, 2.24) is 10.2 Å². The first kappa shape index (κ1) is 21.9. The molecule has 0 fully saturated rings. The number of hydrogen-bond donors (Lipinski definition) is 1. The van der Waals surface area contributed by atoms with Gasteiger partial charge in [-0.2, -0.15) is 0 Å². The van der Waals surface area contributed by atoms with E-state index in [9.17, 15) is 14.0 Å². The van der Waals surface area contributed by atoms with Crippen molar-refractivity contribution in [3.63, 3.8) is 0 Å². The van der Waals surface area contributed by atoms with Crippen molar-refractivity contribution in [2.45, 2.75) is 32.9 Å². The summed E-state index contributed by atoms with van der Waals surface area (Å²) in [4.78, 5) is 26.7. The van der Waals surface area contributed by atoms with Crippen LogP contribution < -0.4 is 10.1 Å². The lowest BCUT2D eigenvalue weighted by Gasteiger charge is -2.28. The van der Waals surface area contributed by atoms with Gasteiger partial charge in [-0.15, -0.1) is 0 Å². The largest absolute Gasteiger partial charge is 0.484 e. The fourth-order valence-corrected chi connectivity index (χ4v) is 2.79. The molecule has 0 unspecified atom stereocenters. The van der Waals surface area contributed by atoms with Crippen LogP contribution in [-0.2, 0) is 16.1 Å². The highest BCUT2D eigenvalue weighted by atomic mass is 79.9. The summed E-state index contributed by atoms with van der Waals surface area (Å²) in [6, 6.07) is 12.3. The smallest absolute Gasteiger partial charge is 0.261 e. The molecule has 2 rings (SSSR count). The molecular formula is C21H24BrFN2O3. The minimum Gasteiger partial charge on any atom is -0.484 e. The molecule has 1 atom stereocenters. The topological polar surface area (TPSA) is 58.6 Å². The first-order valence-electron chi connectivity index (χ1n) is 9.10. The van der Waals surface area contributed by atoms with Gasteiger partial charge in [0, 0.05) is 17.6 Å². The SMILES string of the molecule is CCCNC(=O)[C@@H](C)N(Cc1ccc(Br)cc1)C(=O)COc1ccc(F)cc1. The summed E-state index contributed by atoms with van der Waals surface area (Å²) in [7, 11) is 0. The zero-order valence-electron chi connectivity index (χ0n) is 16.0. The van der Waals surface area contributed by atoms with Crippen molar-refractivity contribution >= 4 is 27.7 Å². The first-order chi connectivity index (χ1) is 13.4. The van der Waals surface area contributed by atoms with E-state index in [0.717, 1.165) is 16.5 Å². The average molecular weight is 451 g/mol. The third-order valence-electron chi connectivity index (χ3n) is 4.16. The number of carbonyl (C=O) groups is 2. The Bertz CT molecular complexity index is 781. The maximum Gasteiger partial charge on any atom is 0.261 e. The normalized spacial score (nSPS) is 11.6. The second-order valence-corrected chi connectivity index (χ2v) is 7.27. The number of carbonyl (C=O) groups excluding carboxylic acids is 2. The van der Waals surface area contributed by atoms with Crippen molar-refractivity contribution in [3.8, 4) is 5.75 Å². The van der Waals surface area contributed by atoms with Crippen LogP contribution >= 0.6 is 15.9 Å². The molecule has 28 heavy (non-hydrogen) atoms. The molecule has 2 aromatic carbocycles. The Morgan fingerprint density at radius 2 is 1.79 bits per heavy atom. The molecule has 0 bridgehead atoms. The predicted molar refractivity (Wildman–Crippen MR) is 109 cm³/mol. The predicted octanol–water partition coefficient (Wildman–Crippen LogP) is 3.91. The molecule has 0 radical (unpaired) electrons. The molecule has 0 aliphatic carbocycles. The number of benzene rings is 2. The lowest BCUT2D eigenvalue weighted by Crippen LogP contribution is -2.49. The minimum absolute atomic E-state index is 0.214. The standard InChI is InChI=1S/C21H24BrFN2O3/c1-3-12-24-21(27)15(2)25(13-16-4-6-17(22)7-5-16)20(26)14-28-19-10-8-18(23)9-11-19/h4-11,15H,3,12-14H2,1-2H3,(H,24,27)/t15-/m1/s1. The molecule has 2 aromatic rings. The highest BCUT2D eigenvalue weighted by Gasteiger charge is 2.26. The molecule has 7 heteroatoms. The van der Waals surface area contributed by atoms with E-state index in [1.54, 1.807) is 6.92 Å². The van der Waals surface area contributed by atoms with Crippen LogP contribution in [0.5, 0.6) is 5.75 Å². The summed E-state index contributed by atoms with van der Waals surface area (Å²) in [5.41, 5.74) is 0.897. The van der Waals surface area contributed by atoms with Crippen molar-refractivity contribution in [3.05, 3.63) is 64.4 Å². The van der Waals surface area contributed by atoms with Crippen LogP contribution in [0.1, 0.15) is 25.8 Å². The van der Waals surface area contributed by atoms with Crippen LogP contribution in [0.2, 0.25) is 0 Å². The van der Waals surface area contributed by atoms with Gasteiger partial charge in [-0.05, 0) is 55.3 Å². The van der Waals surface area contributed by atoms with Crippen LogP contribution in [-0.4, -0.2) is 35.9 Å². The number of nitrogens with zero attached hydrogens (tertiary/aromatic N) is 1. The molecule has 0 spiro atoms. The van der Waals surface area contributed by atoms with Crippen molar-refractivity contribution in [2.24, 2.45) is 0 Å². The maximum atomic E-state index is 13.0. The van der Waals surface area contributed by atoms with Gasteiger partial charge >= 0.3 is 0 Å². The van der Waals surface area contributed by atoms with E-state index in [0.29, 0.717) is 12.3 Å². The van der Waals surface area contributed by atoms with Gasteiger partial charge in [-0.25, -0.2) is 4.39 Å².